The number of amides is 2. The molecular formula is C17H22N4O2S. The molecule has 2 N–H and O–H groups in total. The highest BCUT2D eigenvalue weighted by atomic mass is 32.1. The van der Waals surface area contributed by atoms with Crippen molar-refractivity contribution in [3.05, 3.63) is 28.5 Å². The fourth-order valence-corrected chi connectivity index (χ4v) is 4.05. The number of hydrogen-bond acceptors (Lipinski definition) is 4. The van der Waals surface area contributed by atoms with Crippen LogP contribution in [-0.2, 0) is 9.59 Å². The van der Waals surface area contributed by atoms with E-state index in [1.807, 2.05) is 37.4 Å². The van der Waals surface area contributed by atoms with Gasteiger partial charge in [-0.2, -0.15) is 0 Å². The zero-order chi connectivity index (χ0) is 17.4. The smallest absolute Gasteiger partial charge is 0.246 e. The Morgan fingerprint density at radius 1 is 1.38 bits per heavy atom. The number of thiazole rings is 1. The van der Waals surface area contributed by atoms with E-state index in [1.54, 1.807) is 22.3 Å². The summed E-state index contributed by atoms with van der Waals surface area (Å²) in [6, 6.07) is 0.118. The third-order valence-corrected chi connectivity index (χ3v) is 5.51. The number of fused-ring (bicyclic) bond motifs is 1. The second-order valence-electron chi connectivity index (χ2n) is 6.43. The lowest BCUT2D eigenvalue weighted by atomic mass is 9.93. The zero-order valence-corrected chi connectivity index (χ0v) is 15.0. The average Bonchev–Trinajstić information content (AvgIpc) is 3.00. The number of primary amides is 1. The van der Waals surface area contributed by atoms with Gasteiger partial charge in [-0.1, -0.05) is 0 Å². The van der Waals surface area contributed by atoms with Crippen LogP contribution in [0.5, 0.6) is 0 Å². The molecule has 2 atom stereocenters. The van der Waals surface area contributed by atoms with Crippen molar-refractivity contribution in [2.24, 2.45) is 11.7 Å². The van der Waals surface area contributed by atoms with Crippen LogP contribution in [-0.4, -0.2) is 38.7 Å². The summed E-state index contributed by atoms with van der Waals surface area (Å²) in [5, 5.41) is 0. The van der Waals surface area contributed by atoms with Crippen molar-refractivity contribution in [2.75, 3.05) is 6.54 Å². The maximum Gasteiger partial charge on any atom is 0.246 e. The first-order valence-electron chi connectivity index (χ1n) is 8.10. The number of carbonyl (C=O) groups excluding carboxylic acids is 2. The first kappa shape index (κ1) is 16.7. The van der Waals surface area contributed by atoms with Crippen molar-refractivity contribution in [1.29, 1.82) is 0 Å². The fraction of sp³-hybridized carbons (Fsp3) is 0.471. The number of nitrogens with zero attached hydrogens (tertiary/aromatic N) is 3. The number of piperidine rings is 1. The number of likely N-dealkylation sites (tertiary alicyclic amines) is 1. The molecule has 128 valence electrons. The minimum Gasteiger partial charge on any atom is -0.369 e. The van der Waals surface area contributed by atoms with E-state index in [0.717, 1.165) is 29.2 Å². The van der Waals surface area contributed by atoms with Gasteiger partial charge < -0.3 is 10.6 Å². The molecular weight excluding hydrogens is 324 g/mol. The lowest BCUT2D eigenvalue weighted by Crippen LogP contribution is -2.48. The van der Waals surface area contributed by atoms with Crippen LogP contribution in [0.4, 0.5) is 0 Å². The molecule has 2 unspecified atom stereocenters. The normalized spacial score (nSPS) is 21.7. The lowest BCUT2D eigenvalue weighted by Gasteiger charge is -2.36. The van der Waals surface area contributed by atoms with Crippen molar-refractivity contribution in [2.45, 2.75) is 39.7 Å². The summed E-state index contributed by atoms with van der Waals surface area (Å²) < 4.78 is 2.00. The number of nitrogens with two attached hydrogens (primary N) is 1. The number of aryl methyl sites for hydroxylation is 2. The van der Waals surface area contributed by atoms with Gasteiger partial charge in [-0.05, 0) is 39.7 Å². The van der Waals surface area contributed by atoms with Gasteiger partial charge in [-0.3, -0.25) is 14.0 Å². The van der Waals surface area contributed by atoms with E-state index in [0.29, 0.717) is 6.54 Å². The second-order valence-corrected chi connectivity index (χ2v) is 7.64. The summed E-state index contributed by atoms with van der Waals surface area (Å²) in [5.74, 6) is -0.665. The van der Waals surface area contributed by atoms with E-state index in [2.05, 4.69) is 4.98 Å². The molecule has 3 heterocycles. The summed E-state index contributed by atoms with van der Waals surface area (Å²) >= 11 is 1.62. The molecule has 7 heteroatoms. The molecule has 2 amide bonds. The Balaban J connectivity index is 1.81. The molecule has 0 aliphatic carbocycles. The highest BCUT2D eigenvalue weighted by Crippen LogP contribution is 2.24. The lowest BCUT2D eigenvalue weighted by molar-refractivity contribution is -0.133. The van der Waals surface area contributed by atoms with Crippen LogP contribution in [0.1, 0.15) is 36.0 Å². The van der Waals surface area contributed by atoms with Crippen molar-refractivity contribution in [1.82, 2.24) is 14.3 Å². The van der Waals surface area contributed by atoms with Gasteiger partial charge >= 0.3 is 0 Å². The summed E-state index contributed by atoms with van der Waals surface area (Å²) in [4.78, 5) is 32.4. The molecule has 6 nitrogen and oxygen atoms in total. The molecule has 1 saturated heterocycles. The van der Waals surface area contributed by atoms with Gasteiger partial charge in [0.25, 0.3) is 0 Å². The molecule has 0 spiro atoms. The number of aromatic nitrogens is 2. The molecule has 1 fully saturated rings. The second kappa shape index (κ2) is 6.39. The zero-order valence-electron chi connectivity index (χ0n) is 14.2. The Morgan fingerprint density at radius 3 is 2.83 bits per heavy atom. The molecule has 3 rings (SSSR count). The Bertz CT molecular complexity index is 820. The average molecular weight is 346 g/mol. The van der Waals surface area contributed by atoms with Crippen LogP contribution < -0.4 is 5.73 Å². The van der Waals surface area contributed by atoms with Crippen LogP contribution in [0.25, 0.3) is 11.0 Å². The molecule has 0 radical (unpaired) electrons. The van der Waals surface area contributed by atoms with Crippen LogP contribution in [0.2, 0.25) is 0 Å². The van der Waals surface area contributed by atoms with Crippen molar-refractivity contribution < 1.29 is 9.59 Å². The van der Waals surface area contributed by atoms with Crippen molar-refractivity contribution in [3.63, 3.8) is 0 Å². The molecule has 0 saturated carbocycles. The quantitative estimate of drug-likeness (QED) is 0.865. The fourth-order valence-electron chi connectivity index (χ4n) is 3.17. The van der Waals surface area contributed by atoms with E-state index in [-0.39, 0.29) is 23.8 Å². The Hall–Kier alpha value is -2.15. The van der Waals surface area contributed by atoms with Crippen molar-refractivity contribution >= 4 is 34.2 Å². The van der Waals surface area contributed by atoms with E-state index in [4.69, 9.17) is 5.73 Å². The number of rotatable bonds is 3. The third kappa shape index (κ3) is 3.08. The van der Waals surface area contributed by atoms with Crippen LogP contribution in [0.3, 0.4) is 0 Å². The molecule has 24 heavy (non-hydrogen) atoms. The number of imidazole rings is 1. The van der Waals surface area contributed by atoms with Gasteiger partial charge in [-0.25, -0.2) is 4.98 Å². The number of hydrogen-bond donors (Lipinski definition) is 1. The largest absolute Gasteiger partial charge is 0.369 e. The van der Waals surface area contributed by atoms with Gasteiger partial charge in [0, 0.05) is 29.7 Å². The van der Waals surface area contributed by atoms with Crippen LogP contribution in [0, 0.1) is 19.8 Å². The Labute approximate surface area is 145 Å². The summed E-state index contributed by atoms with van der Waals surface area (Å²) in [6.45, 7) is 6.38. The Kier molecular flexibility index (Phi) is 4.45. The summed E-state index contributed by atoms with van der Waals surface area (Å²) in [6.07, 6.45) is 6.96. The predicted molar refractivity (Wildman–Crippen MR) is 94.7 cm³/mol. The van der Waals surface area contributed by atoms with Gasteiger partial charge in [0.15, 0.2) is 4.96 Å². The third-order valence-electron chi connectivity index (χ3n) is 4.61. The minimum absolute atomic E-state index is 0.0882. The van der Waals surface area contributed by atoms with E-state index in [1.165, 1.54) is 4.88 Å². The van der Waals surface area contributed by atoms with Gasteiger partial charge in [0.1, 0.15) is 0 Å². The molecule has 1 aliphatic rings. The van der Waals surface area contributed by atoms with Gasteiger partial charge in [-0.15, -0.1) is 11.3 Å². The monoisotopic (exact) mass is 346 g/mol. The summed E-state index contributed by atoms with van der Waals surface area (Å²) in [7, 11) is 0. The standard InChI is InChI=1S/C17H22N4O2S/c1-10-4-5-13(16(18)23)9-20(10)15(22)7-6-14-12(3)19-17-21(14)8-11(2)24-17/h6-8,10,13H,4-5,9H2,1-3H3,(H2,18,23). The van der Waals surface area contributed by atoms with E-state index < -0.39 is 0 Å². The highest BCUT2D eigenvalue weighted by molar-refractivity contribution is 7.17. The maximum atomic E-state index is 12.6. The number of carbonyl (C=O) groups is 2. The molecule has 2 aromatic heterocycles. The first-order chi connectivity index (χ1) is 11.4. The highest BCUT2D eigenvalue weighted by Gasteiger charge is 2.30. The van der Waals surface area contributed by atoms with Gasteiger partial charge in [0.2, 0.25) is 11.8 Å². The molecule has 0 bridgehead atoms. The molecule has 1 aliphatic heterocycles. The SMILES string of the molecule is Cc1cn2c(C=CC(=O)N3CC(C(N)=O)CCC3C)c(C)nc2s1. The topological polar surface area (TPSA) is 80.7 Å². The van der Waals surface area contributed by atoms with E-state index in [9.17, 15) is 9.59 Å². The minimum atomic E-state index is -0.328. The van der Waals surface area contributed by atoms with Crippen LogP contribution in [0.15, 0.2) is 12.3 Å². The predicted octanol–water partition coefficient (Wildman–Crippen LogP) is 2.14. The molecule has 0 aromatic carbocycles. The van der Waals surface area contributed by atoms with E-state index >= 15 is 0 Å². The summed E-state index contributed by atoms with van der Waals surface area (Å²) in [5.41, 5.74) is 7.22. The first-order valence-corrected chi connectivity index (χ1v) is 8.91. The van der Waals surface area contributed by atoms with Crippen LogP contribution >= 0.6 is 11.3 Å². The van der Waals surface area contributed by atoms with Crippen molar-refractivity contribution in [3.8, 4) is 0 Å². The molecule has 2 aromatic rings. The Morgan fingerprint density at radius 2 is 2.12 bits per heavy atom. The maximum absolute atomic E-state index is 12.6. The van der Waals surface area contributed by atoms with Gasteiger partial charge in [0.05, 0.1) is 17.3 Å².